The molecule has 2 N–H and O–H groups in total. The van der Waals surface area contributed by atoms with Gasteiger partial charge in [0, 0.05) is 17.0 Å². The molecule has 1 fully saturated rings. The van der Waals surface area contributed by atoms with Crippen molar-refractivity contribution in [3.05, 3.63) is 0 Å². The van der Waals surface area contributed by atoms with Gasteiger partial charge in [-0.15, -0.1) is 0 Å². The Morgan fingerprint density at radius 2 is 1.67 bits per heavy atom. The molecule has 0 saturated carbocycles. The summed E-state index contributed by atoms with van der Waals surface area (Å²) in [6, 6.07) is 0. The molecule has 3 nitrogen and oxygen atoms in total. The van der Waals surface area contributed by atoms with Crippen molar-refractivity contribution in [1.82, 2.24) is 5.06 Å². The van der Waals surface area contributed by atoms with E-state index in [1.807, 2.05) is 0 Å². The average Bonchev–Trinajstić information content (AvgIpc) is 2.27. The minimum absolute atomic E-state index is 0.160. The minimum Gasteiger partial charge on any atom is -0.393 e. The first kappa shape index (κ1) is 15.9. The fraction of sp³-hybridized carbons (Fsp3) is 1.00. The Morgan fingerprint density at radius 1 is 1.11 bits per heavy atom. The molecule has 0 aromatic rings. The highest BCUT2D eigenvalue weighted by atomic mass is 16.5. The minimum atomic E-state index is -0.301. The predicted molar refractivity (Wildman–Crippen MR) is 74.7 cm³/mol. The number of aliphatic hydroxyl groups is 1. The van der Waals surface area contributed by atoms with Crippen molar-refractivity contribution in [2.45, 2.75) is 90.3 Å². The van der Waals surface area contributed by atoms with E-state index >= 15 is 0 Å². The van der Waals surface area contributed by atoms with Gasteiger partial charge in [0.15, 0.2) is 0 Å². The zero-order valence-corrected chi connectivity index (χ0v) is 12.7. The van der Waals surface area contributed by atoms with Crippen molar-refractivity contribution >= 4 is 0 Å². The summed E-state index contributed by atoms with van der Waals surface area (Å²) in [5.74, 6) is 0.160. The Hall–Kier alpha value is -0.120. The molecule has 4 unspecified atom stereocenters. The van der Waals surface area contributed by atoms with Crippen LogP contribution in [-0.4, -0.2) is 32.6 Å². The molecule has 1 aliphatic rings. The summed E-state index contributed by atoms with van der Waals surface area (Å²) >= 11 is 0. The molecule has 0 amide bonds. The van der Waals surface area contributed by atoms with E-state index in [2.05, 4.69) is 34.6 Å². The Bertz CT molecular complexity index is 271. The fourth-order valence-corrected chi connectivity index (χ4v) is 4.12. The van der Waals surface area contributed by atoms with Crippen LogP contribution >= 0.6 is 0 Å². The van der Waals surface area contributed by atoms with Crippen LogP contribution in [0.5, 0.6) is 0 Å². The molecule has 0 spiro atoms. The lowest BCUT2D eigenvalue weighted by molar-refractivity contribution is -0.292. The van der Waals surface area contributed by atoms with E-state index in [4.69, 9.17) is 0 Å². The van der Waals surface area contributed by atoms with Crippen molar-refractivity contribution in [1.29, 1.82) is 0 Å². The van der Waals surface area contributed by atoms with E-state index in [-0.39, 0.29) is 23.1 Å². The van der Waals surface area contributed by atoms with Crippen molar-refractivity contribution < 1.29 is 10.3 Å². The van der Waals surface area contributed by atoms with Gasteiger partial charge < -0.3 is 10.3 Å². The van der Waals surface area contributed by atoms with Crippen molar-refractivity contribution in [3.8, 4) is 0 Å². The maximum atomic E-state index is 10.8. The first-order chi connectivity index (χ1) is 8.35. The molecule has 108 valence electrons. The summed E-state index contributed by atoms with van der Waals surface area (Å²) in [5.41, 5.74) is -0.588. The summed E-state index contributed by atoms with van der Waals surface area (Å²) < 4.78 is 0. The lowest BCUT2D eigenvalue weighted by Crippen LogP contribution is -2.67. The lowest BCUT2D eigenvalue weighted by atomic mass is 9.67. The quantitative estimate of drug-likeness (QED) is 0.791. The summed E-state index contributed by atoms with van der Waals surface area (Å²) in [6.07, 6.45) is 5.20. The summed E-state index contributed by atoms with van der Waals surface area (Å²) in [7, 11) is 0. The Morgan fingerprint density at radius 3 is 2.11 bits per heavy atom. The van der Waals surface area contributed by atoms with E-state index in [0.717, 1.165) is 32.1 Å². The highest BCUT2D eigenvalue weighted by Gasteiger charge is 2.53. The predicted octanol–water partition coefficient (Wildman–Crippen LogP) is 3.59. The maximum absolute atomic E-state index is 10.8. The smallest absolute Gasteiger partial charge is 0.0605 e. The molecular formula is C15H31NO2. The third-order valence-electron chi connectivity index (χ3n) is 4.89. The van der Waals surface area contributed by atoms with Gasteiger partial charge in [0.25, 0.3) is 0 Å². The largest absolute Gasteiger partial charge is 0.393 e. The highest BCUT2D eigenvalue weighted by Crippen LogP contribution is 2.46. The van der Waals surface area contributed by atoms with Crippen LogP contribution in [0.4, 0.5) is 0 Å². The number of piperidine rings is 1. The molecular weight excluding hydrogens is 226 g/mol. The van der Waals surface area contributed by atoms with Gasteiger partial charge in [-0.3, -0.25) is 0 Å². The summed E-state index contributed by atoms with van der Waals surface area (Å²) in [6.45, 7) is 10.6. The number of hydrogen-bond acceptors (Lipinski definition) is 3. The molecule has 1 aliphatic heterocycles. The molecule has 0 bridgehead atoms. The Labute approximate surface area is 112 Å². The standard InChI is InChI=1S/C15H31NO2/c1-6-9-14(4)11-13(17)12(8-3)15(5,10-7-2)16(14)18/h12-13,17-18H,6-11H2,1-5H3. The molecule has 0 radical (unpaired) electrons. The summed E-state index contributed by atoms with van der Waals surface area (Å²) in [5, 5.41) is 22.8. The second-order valence-corrected chi connectivity index (χ2v) is 6.45. The number of hydrogen-bond donors (Lipinski definition) is 2. The fourth-order valence-electron chi connectivity index (χ4n) is 4.12. The Kier molecular flexibility index (Phi) is 5.22. The molecule has 4 atom stereocenters. The van der Waals surface area contributed by atoms with Crippen molar-refractivity contribution in [2.75, 3.05) is 0 Å². The number of hydroxylamine groups is 2. The third-order valence-corrected chi connectivity index (χ3v) is 4.89. The Balaban J connectivity index is 3.07. The SMILES string of the molecule is CCCC1(C)CC(O)C(CC)C(C)(CCC)N1O. The lowest BCUT2D eigenvalue weighted by Gasteiger charge is -2.57. The van der Waals surface area contributed by atoms with Crippen LogP contribution in [0.3, 0.4) is 0 Å². The van der Waals surface area contributed by atoms with Gasteiger partial charge in [0.2, 0.25) is 0 Å². The second-order valence-electron chi connectivity index (χ2n) is 6.45. The third kappa shape index (κ3) is 2.59. The van der Waals surface area contributed by atoms with Gasteiger partial charge in [-0.2, -0.15) is 5.06 Å². The number of rotatable bonds is 5. The number of aliphatic hydroxyl groups excluding tert-OH is 1. The normalized spacial score (nSPS) is 42.2. The van der Waals surface area contributed by atoms with Crippen LogP contribution in [0.1, 0.15) is 73.1 Å². The maximum Gasteiger partial charge on any atom is 0.0605 e. The van der Waals surface area contributed by atoms with E-state index in [1.54, 1.807) is 5.06 Å². The van der Waals surface area contributed by atoms with E-state index < -0.39 is 0 Å². The monoisotopic (exact) mass is 257 g/mol. The van der Waals surface area contributed by atoms with Gasteiger partial charge in [0.05, 0.1) is 6.10 Å². The van der Waals surface area contributed by atoms with Gasteiger partial charge in [-0.1, -0.05) is 33.6 Å². The molecule has 0 aliphatic carbocycles. The summed E-state index contributed by atoms with van der Waals surface area (Å²) in [4.78, 5) is 0. The second kappa shape index (κ2) is 5.89. The van der Waals surface area contributed by atoms with Crippen molar-refractivity contribution in [2.24, 2.45) is 5.92 Å². The van der Waals surface area contributed by atoms with Crippen LogP contribution in [0.25, 0.3) is 0 Å². The van der Waals surface area contributed by atoms with Crippen LogP contribution in [0.2, 0.25) is 0 Å². The number of nitrogens with zero attached hydrogens (tertiary/aromatic N) is 1. The van der Waals surface area contributed by atoms with E-state index in [0.29, 0.717) is 6.42 Å². The van der Waals surface area contributed by atoms with Gasteiger partial charge in [-0.05, 0) is 39.5 Å². The van der Waals surface area contributed by atoms with Crippen LogP contribution in [0, 0.1) is 5.92 Å². The van der Waals surface area contributed by atoms with Crippen LogP contribution in [0.15, 0.2) is 0 Å². The van der Waals surface area contributed by atoms with E-state index in [9.17, 15) is 10.3 Å². The molecule has 1 rings (SSSR count). The van der Waals surface area contributed by atoms with E-state index in [1.165, 1.54) is 0 Å². The molecule has 1 heterocycles. The first-order valence-electron chi connectivity index (χ1n) is 7.53. The van der Waals surface area contributed by atoms with Gasteiger partial charge in [0.1, 0.15) is 0 Å². The topological polar surface area (TPSA) is 43.7 Å². The van der Waals surface area contributed by atoms with Gasteiger partial charge in [-0.25, -0.2) is 0 Å². The molecule has 3 heteroatoms. The molecule has 0 aromatic heterocycles. The molecule has 0 aromatic carbocycles. The molecule has 1 saturated heterocycles. The average molecular weight is 257 g/mol. The van der Waals surface area contributed by atoms with Crippen LogP contribution < -0.4 is 0 Å². The first-order valence-corrected chi connectivity index (χ1v) is 7.53. The zero-order chi connectivity index (χ0) is 14.0. The van der Waals surface area contributed by atoms with Gasteiger partial charge >= 0.3 is 0 Å². The highest BCUT2D eigenvalue weighted by molar-refractivity contribution is 5.04. The zero-order valence-electron chi connectivity index (χ0n) is 12.7. The molecule has 18 heavy (non-hydrogen) atoms. The van der Waals surface area contributed by atoms with Crippen molar-refractivity contribution in [3.63, 3.8) is 0 Å². The van der Waals surface area contributed by atoms with Crippen LogP contribution in [-0.2, 0) is 0 Å².